The summed E-state index contributed by atoms with van der Waals surface area (Å²) in [7, 11) is 0. The van der Waals surface area contributed by atoms with E-state index in [1.165, 1.54) is 12.1 Å². The number of carbonyl (C=O) groups excluding carboxylic acids is 1. The number of carboxylic acids is 1. The van der Waals surface area contributed by atoms with Crippen molar-refractivity contribution in [2.45, 2.75) is 37.7 Å². The second-order valence-electron chi connectivity index (χ2n) is 9.31. The van der Waals surface area contributed by atoms with Gasteiger partial charge < -0.3 is 15.5 Å². The van der Waals surface area contributed by atoms with Gasteiger partial charge in [-0.15, -0.1) is 0 Å². The fraction of sp³-hybridized carbons (Fsp3) is 0.250. The molecular weight excluding hydrogens is 497 g/mol. The molecule has 3 N–H and O–H groups in total. The number of benzene rings is 3. The second-order valence-corrected chi connectivity index (χ2v) is 9.75. The molecule has 1 heterocycles. The first-order chi connectivity index (χ1) is 17.8. The summed E-state index contributed by atoms with van der Waals surface area (Å²) in [6, 6.07) is 17.4. The van der Waals surface area contributed by atoms with Crippen LogP contribution in [0, 0.1) is 11.7 Å². The van der Waals surface area contributed by atoms with E-state index < -0.39 is 29.2 Å². The van der Waals surface area contributed by atoms with Gasteiger partial charge in [-0.25, -0.2) is 13.9 Å². The van der Waals surface area contributed by atoms with E-state index in [4.69, 9.17) is 21.8 Å². The number of aliphatic hydroxyl groups is 1. The summed E-state index contributed by atoms with van der Waals surface area (Å²) >= 11 is 6.10. The first-order valence-electron chi connectivity index (χ1n) is 12.1. The lowest BCUT2D eigenvalue weighted by molar-refractivity contribution is -0.144. The van der Waals surface area contributed by atoms with Crippen LogP contribution in [0.2, 0.25) is 5.02 Å². The summed E-state index contributed by atoms with van der Waals surface area (Å²) < 4.78 is 16.3. The number of hydrogen-bond donors (Lipinski definition) is 3. The Kier molecular flexibility index (Phi) is 6.70. The van der Waals surface area contributed by atoms with Crippen LogP contribution < -0.4 is 5.32 Å². The number of aromatic nitrogens is 2. The topological polar surface area (TPSA) is 104 Å². The Morgan fingerprint density at radius 3 is 2.41 bits per heavy atom. The van der Waals surface area contributed by atoms with Crippen molar-refractivity contribution in [2.24, 2.45) is 5.92 Å². The number of amides is 1. The van der Waals surface area contributed by atoms with E-state index in [1.54, 1.807) is 41.1 Å². The molecule has 1 unspecified atom stereocenters. The highest BCUT2D eigenvalue weighted by Gasteiger charge is 2.49. The van der Waals surface area contributed by atoms with Gasteiger partial charge in [0.15, 0.2) is 5.60 Å². The zero-order chi connectivity index (χ0) is 26.2. The van der Waals surface area contributed by atoms with Gasteiger partial charge in [-0.3, -0.25) is 4.79 Å². The van der Waals surface area contributed by atoms with Gasteiger partial charge >= 0.3 is 5.97 Å². The van der Waals surface area contributed by atoms with Crippen molar-refractivity contribution in [2.75, 3.05) is 5.32 Å². The van der Waals surface area contributed by atoms with Crippen LogP contribution in [0.3, 0.4) is 0 Å². The molecule has 1 saturated carbocycles. The molecule has 0 radical (unpaired) electrons. The van der Waals surface area contributed by atoms with Crippen LogP contribution in [0.15, 0.2) is 66.7 Å². The molecule has 1 aliphatic carbocycles. The van der Waals surface area contributed by atoms with Crippen molar-refractivity contribution in [3.63, 3.8) is 0 Å². The average Bonchev–Trinajstić information content (AvgIpc) is 3.30. The number of anilines is 1. The Hall–Kier alpha value is -3.75. The molecule has 1 atom stereocenters. The smallest absolute Gasteiger partial charge is 0.335 e. The Morgan fingerprint density at radius 2 is 1.73 bits per heavy atom. The van der Waals surface area contributed by atoms with E-state index in [2.05, 4.69) is 5.32 Å². The van der Waals surface area contributed by atoms with Gasteiger partial charge in [0.25, 0.3) is 5.91 Å². The maximum absolute atomic E-state index is 14.8. The standard InChI is InChI=1S/C28H25ClFN3O4/c29-19-11-13-20(14-12-19)33-25(21-8-4-5-9-23(21)32-33)28(37,18-6-2-1-3-7-18)27(36)31-24-15-10-17(26(34)35)16-22(24)30/h4-5,8-16,18,37H,1-3,6-7H2,(H,31,36)(H,34,35). The lowest BCUT2D eigenvalue weighted by Crippen LogP contribution is -2.48. The molecule has 1 fully saturated rings. The first kappa shape index (κ1) is 24.9. The van der Waals surface area contributed by atoms with Gasteiger partial charge in [-0.05, 0) is 61.4 Å². The van der Waals surface area contributed by atoms with Crippen LogP contribution in [0.4, 0.5) is 10.1 Å². The van der Waals surface area contributed by atoms with Crippen molar-refractivity contribution in [3.05, 3.63) is 88.8 Å². The first-order valence-corrected chi connectivity index (χ1v) is 12.5. The Balaban J connectivity index is 1.68. The number of nitrogens with zero attached hydrogens (tertiary/aromatic N) is 2. The number of carboxylic acid groups (broad SMARTS) is 1. The molecule has 7 nitrogen and oxygen atoms in total. The molecule has 9 heteroatoms. The summed E-state index contributed by atoms with van der Waals surface area (Å²) in [4.78, 5) is 25.2. The lowest BCUT2D eigenvalue weighted by Gasteiger charge is -2.37. The van der Waals surface area contributed by atoms with Crippen LogP contribution in [-0.2, 0) is 10.4 Å². The summed E-state index contributed by atoms with van der Waals surface area (Å²) in [5.41, 5.74) is -1.04. The number of hydrogen-bond acceptors (Lipinski definition) is 4. The van der Waals surface area contributed by atoms with Gasteiger partial charge in [-0.1, -0.05) is 49.1 Å². The SMILES string of the molecule is O=C(O)c1ccc(NC(=O)C(O)(c2c3ccccc3nn2-c2ccc(Cl)cc2)C2CCCCC2)c(F)c1. The van der Waals surface area contributed by atoms with E-state index >= 15 is 0 Å². The lowest BCUT2D eigenvalue weighted by atomic mass is 9.73. The predicted octanol–water partition coefficient (Wildman–Crippen LogP) is 5.92. The summed E-state index contributed by atoms with van der Waals surface area (Å²) in [6.45, 7) is 0. The third-order valence-electron chi connectivity index (χ3n) is 7.02. The minimum Gasteiger partial charge on any atom is -0.478 e. The number of fused-ring (bicyclic) bond motifs is 1. The van der Waals surface area contributed by atoms with Crippen molar-refractivity contribution < 1.29 is 24.2 Å². The molecule has 190 valence electrons. The number of rotatable bonds is 6. The van der Waals surface area contributed by atoms with Crippen LogP contribution in [0.1, 0.15) is 48.2 Å². The molecule has 1 aliphatic rings. The van der Waals surface area contributed by atoms with E-state index in [0.717, 1.165) is 25.3 Å². The van der Waals surface area contributed by atoms with E-state index in [1.807, 2.05) is 12.1 Å². The Morgan fingerprint density at radius 1 is 1.03 bits per heavy atom. The highest BCUT2D eigenvalue weighted by Crippen LogP contribution is 2.43. The van der Waals surface area contributed by atoms with Crippen LogP contribution in [0.25, 0.3) is 16.6 Å². The number of nitrogens with one attached hydrogen (secondary N) is 1. The molecule has 37 heavy (non-hydrogen) atoms. The molecule has 0 spiro atoms. The van der Waals surface area contributed by atoms with Crippen molar-refractivity contribution in [3.8, 4) is 5.69 Å². The average molecular weight is 522 g/mol. The molecule has 4 aromatic rings. The van der Waals surface area contributed by atoms with Crippen molar-refractivity contribution in [1.29, 1.82) is 0 Å². The van der Waals surface area contributed by atoms with Gasteiger partial charge in [-0.2, -0.15) is 5.10 Å². The van der Waals surface area contributed by atoms with Crippen molar-refractivity contribution in [1.82, 2.24) is 9.78 Å². The fourth-order valence-corrected chi connectivity index (χ4v) is 5.27. The van der Waals surface area contributed by atoms with Crippen molar-refractivity contribution >= 4 is 40.1 Å². The van der Waals surface area contributed by atoms with Crippen LogP contribution in [-0.4, -0.2) is 31.9 Å². The molecule has 1 aromatic heterocycles. The van der Waals surface area contributed by atoms with E-state index in [9.17, 15) is 19.1 Å². The molecule has 5 rings (SSSR count). The largest absolute Gasteiger partial charge is 0.478 e. The molecule has 0 aliphatic heterocycles. The fourth-order valence-electron chi connectivity index (χ4n) is 5.14. The third-order valence-corrected chi connectivity index (χ3v) is 7.27. The summed E-state index contributed by atoms with van der Waals surface area (Å²) in [6.07, 6.45) is 3.88. The van der Waals surface area contributed by atoms with Crippen LogP contribution >= 0.6 is 11.6 Å². The van der Waals surface area contributed by atoms with E-state index in [0.29, 0.717) is 34.5 Å². The minimum absolute atomic E-state index is 0.217. The normalized spacial score (nSPS) is 15.9. The van der Waals surface area contributed by atoms with E-state index in [-0.39, 0.29) is 16.9 Å². The molecule has 0 saturated heterocycles. The summed E-state index contributed by atoms with van der Waals surface area (Å²) in [5, 5.41) is 30.0. The number of halogens is 2. The van der Waals surface area contributed by atoms with Gasteiger partial charge in [0.2, 0.25) is 0 Å². The van der Waals surface area contributed by atoms with Gasteiger partial charge in [0, 0.05) is 16.3 Å². The summed E-state index contributed by atoms with van der Waals surface area (Å²) in [5.74, 6) is -3.44. The number of aromatic carboxylic acids is 1. The van der Waals surface area contributed by atoms with Gasteiger partial charge in [0.1, 0.15) is 5.82 Å². The predicted molar refractivity (Wildman–Crippen MR) is 139 cm³/mol. The monoisotopic (exact) mass is 521 g/mol. The number of carbonyl (C=O) groups is 2. The van der Waals surface area contributed by atoms with Crippen LogP contribution in [0.5, 0.6) is 0 Å². The maximum Gasteiger partial charge on any atom is 0.335 e. The molecule has 0 bridgehead atoms. The minimum atomic E-state index is -2.06. The second kappa shape index (κ2) is 9.95. The Bertz CT molecular complexity index is 1480. The third kappa shape index (κ3) is 4.58. The molecule has 1 amide bonds. The quantitative estimate of drug-likeness (QED) is 0.292. The van der Waals surface area contributed by atoms with Gasteiger partial charge in [0.05, 0.1) is 28.1 Å². The molecular formula is C28H25ClFN3O4. The zero-order valence-corrected chi connectivity index (χ0v) is 20.6. The Labute approximate surface area is 217 Å². The highest BCUT2D eigenvalue weighted by molar-refractivity contribution is 6.30. The highest BCUT2D eigenvalue weighted by atomic mass is 35.5. The zero-order valence-electron chi connectivity index (χ0n) is 19.8. The molecule has 3 aromatic carbocycles. The maximum atomic E-state index is 14.8.